The molecule has 124 valence electrons. The number of fused-ring (bicyclic) bond motifs is 1. The molecule has 0 fully saturated rings. The van der Waals surface area contributed by atoms with Crippen LogP contribution in [0, 0.1) is 5.82 Å². The number of halogens is 2. The molecule has 0 saturated carbocycles. The maximum atomic E-state index is 13.6. The average molecular weight is 389 g/mol. The third kappa shape index (κ3) is 4.03. The molecule has 1 amide bonds. The maximum absolute atomic E-state index is 13.6. The topological polar surface area (TPSA) is 44.9 Å². The fraction of sp³-hybridized carbons (Fsp3) is 0.211. The third-order valence-corrected chi connectivity index (χ3v) is 4.50. The number of aromatic nitrogens is 1. The Labute approximate surface area is 148 Å². The molecule has 0 bridgehead atoms. The number of nitrogens with one attached hydrogen (secondary N) is 2. The van der Waals surface area contributed by atoms with Crippen LogP contribution in [0.4, 0.5) is 4.39 Å². The number of hydrogen-bond donors (Lipinski definition) is 2. The van der Waals surface area contributed by atoms with Crippen molar-refractivity contribution < 1.29 is 9.18 Å². The van der Waals surface area contributed by atoms with Gasteiger partial charge in [0.25, 0.3) is 0 Å². The van der Waals surface area contributed by atoms with Gasteiger partial charge in [-0.1, -0.05) is 34.1 Å². The van der Waals surface area contributed by atoms with Gasteiger partial charge in [0.05, 0.1) is 0 Å². The summed E-state index contributed by atoms with van der Waals surface area (Å²) in [5.41, 5.74) is 2.81. The smallest absolute Gasteiger partial charge is 0.220 e. The lowest BCUT2D eigenvalue weighted by atomic mass is 10.1. The van der Waals surface area contributed by atoms with Gasteiger partial charge in [0.15, 0.2) is 0 Å². The van der Waals surface area contributed by atoms with E-state index in [0.29, 0.717) is 12.0 Å². The van der Waals surface area contributed by atoms with E-state index in [1.165, 1.54) is 17.0 Å². The van der Waals surface area contributed by atoms with E-state index in [4.69, 9.17) is 0 Å². The van der Waals surface area contributed by atoms with E-state index < -0.39 is 0 Å². The van der Waals surface area contributed by atoms with Crippen molar-refractivity contribution in [2.45, 2.75) is 25.8 Å². The summed E-state index contributed by atoms with van der Waals surface area (Å²) in [6.45, 7) is 0.206. The second kappa shape index (κ2) is 7.62. The average Bonchev–Trinajstić information content (AvgIpc) is 2.99. The number of carbonyl (C=O) groups excluding carboxylic acids is 1. The van der Waals surface area contributed by atoms with Crippen molar-refractivity contribution in [2.75, 3.05) is 0 Å². The van der Waals surface area contributed by atoms with Crippen LogP contribution in [0.15, 0.2) is 53.1 Å². The molecule has 0 aliphatic carbocycles. The predicted molar refractivity (Wildman–Crippen MR) is 97.2 cm³/mol. The molecule has 0 saturated heterocycles. The Morgan fingerprint density at radius 2 is 2.00 bits per heavy atom. The Morgan fingerprint density at radius 1 is 1.17 bits per heavy atom. The van der Waals surface area contributed by atoms with Gasteiger partial charge in [-0.05, 0) is 42.7 Å². The first-order valence-electron chi connectivity index (χ1n) is 7.89. The first kappa shape index (κ1) is 16.7. The molecule has 2 aromatic carbocycles. The molecule has 0 aliphatic heterocycles. The molecule has 3 aromatic rings. The Hall–Kier alpha value is -2.14. The first-order chi connectivity index (χ1) is 11.6. The van der Waals surface area contributed by atoms with Crippen LogP contribution in [0.25, 0.3) is 10.9 Å². The van der Waals surface area contributed by atoms with E-state index in [9.17, 15) is 9.18 Å². The second-order valence-corrected chi connectivity index (χ2v) is 6.64. The predicted octanol–water partition coefficient (Wildman–Crippen LogP) is 4.71. The molecular weight excluding hydrogens is 371 g/mol. The van der Waals surface area contributed by atoms with Gasteiger partial charge in [0.2, 0.25) is 5.91 Å². The van der Waals surface area contributed by atoms with Gasteiger partial charge in [0.1, 0.15) is 5.82 Å². The second-order valence-electron chi connectivity index (χ2n) is 5.73. The van der Waals surface area contributed by atoms with Gasteiger partial charge < -0.3 is 10.3 Å². The largest absolute Gasteiger partial charge is 0.361 e. The molecule has 1 heterocycles. The summed E-state index contributed by atoms with van der Waals surface area (Å²) in [6, 6.07) is 12.8. The molecule has 3 nitrogen and oxygen atoms in total. The highest BCUT2D eigenvalue weighted by Crippen LogP contribution is 2.19. The van der Waals surface area contributed by atoms with Crippen LogP contribution in [0.5, 0.6) is 0 Å². The van der Waals surface area contributed by atoms with Crippen LogP contribution in [0.2, 0.25) is 0 Å². The summed E-state index contributed by atoms with van der Waals surface area (Å²) in [7, 11) is 0. The summed E-state index contributed by atoms with van der Waals surface area (Å²) in [4.78, 5) is 15.2. The number of para-hydroxylation sites is 1. The number of H-pyrrole nitrogens is 1. The minimum Gasteiger partial charge on any atom is -0.361 e. The third-order valence-electron chi connectivity index (χ3n) is 4.01. The number of hydrogen-bond acceptors (Lipinski definition) is 1. The molecule has 0 spiro atoms. The van der Waals surface area contributed by atoms with E-state index >= 15 is 0 Å². The van der Waals surface area contributed by atoms with Crippen molar-refractivity contribution >= 4 is 32.7 Å². The SMILES string of the molecule is O=C(CCCc1c[nH]c2ccccc12)NCc1cc(Br)ccc1F. The summed E-state index contributed by atoms with van der Waals surface area (Å²) in [6.07, 6.45) is 4.02. The van der Waals surface area contributed by atoms with Crippen LogP contribution in [-0.2, 0) is 17.8 Å². The van der Waals surface area contributed by atoms with Crippen molar-refractivity contribution in [3.05, 3.63) is 70.1 Å². The van der Waals surface area contributed by atoms with Gasteiger partial charge in [-0.15, -0.1) is 0 Å². The summed E-state index contributed by atoms with van der Waals surface area (Å²) in [5.74, 6) is -0.369. The Kier molecular flexibility index (Phi) is 5.30. The molecule has 0 aliphatic rings. The Morgan fingerprint density at radius 3 is 2.88 bits per heavy atom. The quantitative estimate of drug-likeness (QED) is 0.630. The highest BCUT2D eigenvalue weighted by molar-refractivity contribution is 9.10. The maximum Gasteiger partial charge on any atom is 0.220 e. The lowest BCUT2D eigenvalue weighted by Gasteiger charge is -2.07. The zero-order valence-corrected chi connectivity index (χ0v) is 14.7. The van der Waals surface area contributed by atoms with Gasteiger partial charge in [-0.3, -0.25) is 4.79 Å². The Bertz CT molecular complexity index is 859. The van der Waals surface area contributed by atoms with E-state index in [1.807, 2.05) is 24.4 Å². The zero-order chi connectivity index (χ0) is 16.9. The van der Waals surface area contributed by atoms with Crippen molar-refractivity contribution in [2.24, 2.45) is 0 Å². The molecule has 5 heteroatoms. The molecular formula is C19H18BrFN2O. The van der Waals surface area contributed by atoms with Crippen molar-refractivity contribution in [1.82, 2.24) is 10.3 Å². The van der Waals surface area contributed by atoms with Crippen molar-refractivity contribution in [3.8, 4) is 0 Å². The number of amides is 1. The van der Waals surface area contributed by atoms with Gasteiger partial charge >= 0.3 is 0 Å². The highest BCUT2D eigenvalue weighted by Gasteiger charge is 2.07. The van der Waals surface area contributed by atoms with E-state index in [0.717, 1.165) is 22.8 Å². The summed E-state index contributed by atoms with van der Waals surface area (Å²) >= 11 is 3.30. The fourth-order valence-corrected chi connectivity index (χ4v) is 3.15. The van der Waals surface area contributed by atoms with E-state index in [2.05, 4.69) is 32.3 Å². The standard InChI is InChI=1S/C19H18BrFN2O/c20-15-8-9-17(21)14(10-15)12-23-19(24)7-3-4-13-11-22-18-6-2-1-5-16(13)18/h1-2,5-6,8-11,22H,3-4,7,12H2,(H,23,24). The van der Waals surface area contributed by atoms with Crippen LogP contribution in [-0.4, -0.2) is 10.9 Å². The molecule has 1 aromatic heterocycles. The van der Waals surface area contributed by atoms with Gasteiger partial charge in [-0.2, -0.15) is 0 Å². The fourth-order valence-electron chi connectivity index (χ4n) is 2.74. The van der Waals surface area contributed by atoms with Crippen LogP contribution >= 0.6 is 15.9 Å². The van der Waals surface area contributed by atoms with Crippen LogP contribution < -0.4 is 5.32 Å². The summed E-state index contributed by atoms with van der Waals surface area (Å²) in [5, 5.41) is 3.98. The normalized spacial score (nSPS) is 10.9. The van der Waals surface area contributed by atoms with Crippen LogP contribution in [0.3, 0.4) is 0 Å². The number of aromatic amines is 1. The number of benzene rings is 2. The first-order valence-corrected chi connectivity index (χ1v) is 8.68. The molecule has 0 unspecified atom stereocenters. The van der Waals surface area contributed by atoms with Gasteiger partial charge in [0, 0.05) is 40.1 Å². The van der Waals surface area contributed by atoms with E-state index in [1.54, 1.807) is 12.1 Å². The Balaban J connectivity index is 1.48. The zero-order valence-electron chi connectivity index (χ0n) is 13.1. The number of aryl methyl sites for hydroxylation is 1. The monoisotopic (exact) mass is 388 g/mol. The minimum atomic E-state index is -0.308. The number of rotatable bonds is 6. The van der Waals surface area contributed by atoms with Crippen LogP contribution in [0.1, 0.15) is 24.0 Å². The lowest BCUT2D eigenvalue weighted by molar-refractivity contribution is -0.121. The molecule has 0 radical (unpaired) electrons. The van der Waals surface area contributed by atoms with Crippen molar-refractivity contribution in [1.29, 1.82) is 0 Å². The molecule has 0 atom stereocenters. The van der Waals surface area contributed by atoms with Crippen molar-refractivity contribution in [3.63, 3.8) is 0 Å². The lowest BCUT2D eigenvalue weighted by Crippen LogP contribution is -2.23. The van der Waals surface area contributed by atoms with Gasteiger partial charge in [-0.25, -0.2) is 4.39 Å². The number of carbonyl (C=O) groups is 1. The molecule has 24 heavy (non-hydrogen) atoms. The highest BCUT2D eigenvalue weighted by atomic mass is 79.9. The summed E-state index contributed by atoms with van der Waals surface area (Å²) < 4.78 is 14.4. The molecule has 2 N–H and O–H groups in total. The van der Waals surface area contributed by atoms with E-state index in [-0.39, 0.29) is 18.3 Å². The molecule has 3 rings (SSSR count). The minimum absolute atomic E-state index is 0.0609.